The van der Waals surface area contributed by atoms with E-state index in [0.717, 1.165) is 24.5 Å². The number of aromatic nitrogens is 1. The lowest BCUT2D eigenvalue weighted by Crippen LogP contribution is -2.57. The molecule has 0 radical (unpaired) electrons. The highest BCUT2D eigenvalue weighted by molar-refractivity contribution is 5.48. The van der Waals surface area contributed by atoms with E-state index in [1.54, 1.807) is 0 Å². The lowest BCUT2D eigenvalue weighted by atomic mass is 9.98. The number of nitrogens with two attached hydrogens (primary N) is 1. The highest BCUT2D eigenvalue weighted by Gasteiger charge is 2.38. The van der Waals surface area contributed by atoms with Gasteiger partial charge in [0.2, 0.25) is 0 Å². The minimum Gasteiger partial charge on any atom is -0.366 e. The van der Waals surface area contributed by atoms with Crippen molar-refractivity contribution < 1.29 is 4.74 Å². The van der Waals surface area contributed by atoms with Crippen LogP contribution in [0.25, 0.3) is 0 Å². The van der Waals surface area contributed by atoms with Crippen LogP contribution in [0.1, 0.15) is 33.3 Å². The van der Waals surface area contributed by atoms with Gasteiger partial charge >= 0.3 is 0 Å². The standard InChI is InChI=1S/C14H23N3O/c1-13(2)9-17(10-14(3,4)18-13)12-11(8-15)6-5-7-16-12/h5-7H,8-10,15H2,1-4H3. The fourth-order valence-corrected chi connectivity index (χ4v) is 2.81. The molecule has 1 saturated heterocycles. The van der Waals surface area contributed by atoms with Crippen LogP contribution in [0, 0.1) is 0 Å². The molecule has 4 nitrogen and oxygen atoms in total. The van der Waals surface area contributed by atoms with E-state index in [1.807, 2.05) is 18.3 Å². The average Bonchev–Trinajstić information content (AvgIpc) is 2.24. The molecular weight excluding hydrogens is 226 g/mol. The number of anilines is 1. The molecule has 0 amide bonds. The molecule has 2 N–H and O–H groups in total. The third-order valence-electron chi connectivity index (χ3n) is 3.08. The van der Waals surface area contributed by atoms with E-state index >= 15 is 0 Å². The number of nitrogens with zero attached hydrogens (tertiary/aromatic N) is 2. The van der Waals surface area contributed by atoms with Crippen LogP contribution in [0.4, 0.5) is 5.82 Å². The molecule has 1 aromatic heterocycles. The minimum absolute atomic E-state index is 0.175. The van der Waals surface area contributed by atoms with Crippen LogP contribution in [0.15, 0.2) is 18.3 Å². The molecule has 100 valence electrons. The molecule has 0 atom stereocenters. The Morgan fingerprint density at radius 3 is 2.44 bits per heavy atom. The normalized spacial score (nSPS) is 21.9. The Hall–Kier alpha value is -1.13. The highest BCUT2D eigenvalue weighted by atomic mass is 16.5. The summed E-state index contributed by atoms with van der Waals surface area (Å²) in [6, 6.07) is 3.97. The molecule has 1 fully saturated rings. The zero-order valence-electron chi connectivity index (χ0n) is 11.7. The van der Waals surface area contributed by atoms with Gasteiger partial charge in [0.15, 0.2) is 0 Å². The SMILES string of the molecule is CC1(C)CN(c2ncccc2CN)CC(C)(C)O1. The molecule has 2 rings (SSSR count). The van der Waals surface area contributed by atoms with Crippen LogP contribution < -0.4 is 10.6 Å². The maximum absolute atomic E-state index is 6.09. The zero-order valence-corrected chi connectivity index (χ0v) is 11.7. The van der Waals surface area contributed by atoms with Gasteiger partial charge in [-0.3, -0.25) is 0 Å². The largest absolute Gasteiger partial charge is 0.366 e. The van der Waals surface area contributed by atoms with Gasteiger partial charge in [0, 0.05) is 31.4 Å². The van der Waals surface area contributed by atoms with Gasteiger partial charge in [-0.25, -0.2) is 4.98 Å². The molecule has 0 aromatic carbocycles. The van der Waals surface area contributed by atoms with Crippen LogP contribution >= 0.6 is 0 Å². The molecule has 18 heavy (non-hydrogen) atoms. The van der Waals surface area contributed by atoms with Crippen molar-refractivity contribution in [3.8, 4) is 0 Å². The van der Waals surface area contributed by atoms with E-state index < -0.39 is 0 Å². The minimum atomic E-state index is -0.175. The number of hydrogen-bond donors (Lipinski definition) is 1. The zero-order chi connectivity index (χ0) is 13.4. The third kappa shape index (κ3) is 2.82. The Labute approximate surface area is 109 Å². The smallest absolute Gasteiger partial charge is 0.133 e. The second-order valence-electron chi connectivity index (χ2n) is 6.17. The predicted molar refractivity (Wildman–Crippen MR) is 73.6 cm³/mol. The Kier molecular flexibility index (Phi) is 3.34. The van der Waals surface area contributed by atoms with Gasteiger partial charge in [0.05, 0.1) is 11.2 Å². The van der Waals surface area contributed by atoms with Crippen molar-refractivity contribution >= 4 is 5.82 Å². The van der Waals surface area contributed by atoms with E-state index in [1.165, 1.54) is 0 Å². The first-order valence-electron chi connectivity index (χ1n) is 6.42. The summed E-state index contributed by atoms with van der Waals surface area (Å²) >= 11 is 0. The van der Waals surface area contributed by atoms with Crippen LogP contribution in [0.5, 0.6) is 0 Å². The molecular formula is C14H23N3O. The van der Waals surface area contributed by atoms with E-state index in [4.69, 9.17) is 10.5 Å². The number of ether oxygens (including phenoxy) is 1. The molecule has 2 heterocycles. The van der Waals surface area contributed by atoms with Crippen molar-refractivity contribution in [2.75, 3.05) is 18.0 Å². The summed E-state index contributed by atoms with van der Waals surface area (Å²) in [5.41, 5.74) is 6.53. The summed E-state index contributed by atoms with van der Waals surface area (Å²) < 4.78 is 6.09. The van der Waals surface area contributed by atoms with Crippen LogP contribution in [-0.4, -0.2) is 29.3 Å². The Bertz CT molecular complexity index is 413. The molecule has 1 aliphatic rings. The van der Waals surface area contributed by atoms with E-state index in [2.05, 4.69) is 37.6 Å². The lowest BCUT2D eigenvalue weighted by Gasteiger charge is -2.48. The Balaban J connectivity index is 2.32. The predicted octanol–water partition coefficient (Wildman–Crippen LogP) is 1.93. The molecule has 0 bridgehead atoms. The van der Waals surface area contributed by atoms with Gasteiger partial charge in [0.1, 0.15) is 5.82 Å². The maximum atomic E-state index is 6.09. The summed E-state index contributed by atoms with van der Waals surface area (Å²) in [5.74, 6) is 0.990. The van der Waals surface area contributed by atoms with Crippen molar-refractivity contribution in [3.05, 3.63) is 23.9 Å². The van der Waals surface area contributed by atoms with Gasteiger partial charge < -0.3 is 15.4 Å². The number of hydrogen-bond acceptors (Lipinski definition) is 4. The monoisotopic (exact) mass is 249 g/mol. The van der Waals surface area contributed by atoms with Gasteiger partial charge in [-0.2, -0.15) is 0 Å². The van der Waals surface area contributed by atoms with Crippen LogP contribution in [0.2, 0.25) is 0 Å². The molecule has 0 unspecified atom stereocenters. The van der Waals surface area contributed by atoms with Crippen molar-refractivity contribution in [1.29, 1.82) is 0 Å². The molecule has 0 aliphatic carbocycles. The average molecular weight is 249 g/mol. The second-order valence-corrected chi connectivity index (χ2v) is 6.17. The summed E-state index contributed by atoms with van der Waals surface area (Å²) in [5, 5.41) is 0. The van der Waals surface area contributed by atoms with Gasteiger partial charge in [-0.1, -0.05) is 6.07 Å². The molecule has 1 aromatic rings. The number of pyridine rings is 1. The van der Waals surface area contributed by atoms with Crippen molar-refractivity contribution in [3.63, 3.8) is 0 Å². The topological polar surface area (TPSA) is 51.4 Å². The van der Waals surface area contributed by atoms with Gasteiger partial charge in [-0.15, -0.1) is 0 Å². The first-order chi connectivity index (χ1) is 8.33. The van der Waals surface area contributed by atoms with Crippen molar-refractivity contribution in [2.24, 2.45) is 5.73 Å². The molecule has 4 heteroatoms. The maximum Gasteiger partial charge on any atom is 0.133 e. The third-order valence-corrected chi connectivity index (χ3v) is 3.08. The van der Waals surface area contributed by atoms with Crippen molar-refractivity contribution in [1.82, 2.24) is 4.98 Å². The van der Waals surface area contributed by atoms with Gasteiger partial charge in [0.25, 0.3) is 0 Å². The Morgan fingerprint density at radius 2 is 1.89 bits per heavy atom. The fourth-order valence-electron chi connectivity index (χ4n) is 2.81. The van der Waals surface area contributed by atoms with E-state index in [0.29, 0.717) is 6.54 Å². The first-order valence-corrected chi connectivity index (χ1v) is 6.42. The number of morpholine rings is 1. The van der Waals surface area contributed by atoms with Crippen LogP contribution in [0.3, 0.4) is 0 Å². The van der Waals surface area contributed by atoms with Crippen molar-refractivity contribution in [2.45, 2.75) is 45.4 Å². The van der Waals surface area contributed by atoms with Gasteiger partial charge in [-0.05, 0) is 33.8 Å². The number of rotatable bonds is 2. The first kappa shape index (κ1) is 13.3. The molecule has 1 aliphatic heterocycles. The molecule has 0 saturated carbocycles. The van der Waals surface area contributed by atoms with Crippen LogP contribution in [-0.2, 0) is 11.3 Å². The lowest BCUT2D eigenvalue weighted by molar-refractivity contribution is -0.133. The van der Waals surface area contributed by atoms with E-state index in [-0.39, 0.29) is 11.2 Å². The highest BCUT2D eigenvalue weighted by Crippen LogP contribution is 2.31. The summed E-state index contributed by atoms with van der Waals surface area (Å²) in [6.45, 7) is 10.7. The summed E-state index contributed by atoms with van der Waals surface area (Å²) in [4.78, 5) is 6.78. The summed E-state index contributed by atoms with van der Waals surface area (Å²) in [7, 11) is 0. The molecule has 0 spiro atoms. The Morgan fingerprint density at radius 1 is 1.28 bits per heavy atom. The quantitative estimate of drug-likeness (QED) is 0.870. The summed E-state index contributed by atoms with van der Waals surface area (Å²) in [6.07, 6.45) is 1.82. The fraction of sp³-hybridized carbons (Fsp3) is 0.643. The van der Waals surface area contributed by atoms with E-state index in [9.17, 15) is 0 Å². The second kappa shape index (κ2) is 4.52.